The number of nitrogens with zero attached hydrogens (tertiary/aromatic N) is 4. The number of para-hydroxylation sites is 1. The van der Waals surface area contributed by atoms with Crippen LogP contribution >= 0.6 is 0 Å². The largest absolute Gasteiger partial charge is 1.00 e. The normalized spacial score (nSPS) is 15.6. The molecule has 4 aromatic carbocycles. The number of carbonyl (C=O) groups excluding carboxylic acids is 1. The standard InChI is InChI=1S/C34H33N5O4S.K/c1-23-38(34(44)36-39(23)26-13-7-4-8-14-26)27-15-9-12-25(18-27)35-22-43-28-16-17-30-29(19-28)32(42-2)20-31(33(40)41)37(30)21-24-10-5-3-6-11-24;/h3-19,31-32,35H,20-22H2,1-2H3,(H-,36,40,41,44);/q;+1/p-1. The van der Waals surface area contributed by atoms with Gasteiger partial charge < -0.3 is 42.2 Å². The van der Waals surface area contributed by atoms with Gasteiger partial charge >= 0.3 is 51.4 Å². The molecular weight excluding hydrogens is 614 g/mol. The number of ether oxygens (including phenoxy) is 2. The van der Waals surface area contributed by atoms with Crippen molar-refractivity contribution in [3.8, 4) is 17.1 Å². The van der Waals surface area contributed by atoms with Crippen LogP contribution in [-0.4, -0.2) is 35.6 Å². The van der Waals surface area contributed by atoms with Gasteiger partial charge in [0.15, 0.2) is 11.9 Å². The van der Waals surface area contributed by atoms with Crippen molar-refractivity contribution in [2.75, 3.05) is 24.1 Å². The van der Waals surface area contributed by atoms with E-state index in [2.05, 4.69) is 10.4 Å². The van der Waals surface area contributed by atoms with Crippen LogP contribution in [0.3, 0.4) is 0 Å². The maximum absolute atomic E-state index is 12.1. The van der Waals surface area contributed by atoms with Crippen LogP contribution in [0.4, 0.5) is 11.4 Å². The molecule has 0 bridgehead atoms. The van der Waals surface area contributed by atoms with Gasteiger partial charge in [-0.15, -0.1) is 0 Å². The molecule has 2 atom stereocenters. The summed E-state index contributed by atoms with van der Waals surface area (Å²) in [5, 5.41) is 20.5. The summed E-state index contributed by atoms with van der Waals surface area (Å²) in [6, 6.07) is 32.4. The average molecular weight is 646 g/mol. The number of carboxylic acid groups (broad SMARTS) is 1. The van der Waals surface area contributed by atoms with Crippen molar-refractivity contribution in [1.29, 1.82) is 0 Å². The summed E-state index contributed by atoms with van der Waals surface area (Å²) in [6.07, 6.45) is -0.131. The summed E-state index contributed by atoms with van der Waals surface area (Å²) in [4.78, 5) is 14.0. The molecule has 2 unspecified atom stereocenters. The Kier molecular flexibility index (Phi) is 10.9. The maximum atomic E-state index is 12.1. The number of carboxylic acids is 1. The number of aromatic nitrogens is 3. The van der Waals surface area contributed by atoms with E-state index in [4.69, 9.17) is 22.1 Å². The number of hydrogen-bond acceptors (Lipinski definition) is 8. The first-order chi connectivity index (χ1) is 21.4. The van der Waals surface area contributed by atoms with E-state index < -0.39 is 18.1 Å². The third-order valence-electron chi connectivity index (χ3n) is 7.85. The predicted octanol–water partition coefficient (Wildman–Crippen LogP) is 1.03. The Morgan fingerprint density at radius 2 is 1.76 bits per heavy atom. The number of fused-ring (bicyclic) bond motifs is 1. The van der Waals surface area contributed by atoms with Crippen molar-refractivity contribution in [2.45, 2.75) is 37.2 Å². The van der Waals surface area contributed by atoms with Gasteiger partial charge in [-0.25, -0.2) is 4.57 Å². The first kappa shape index (κ1) is 33.1. The quantitative estimate of drug-likeness (QED) is 0.104. The van der Waals surface area contributed by atoms with E-state index in [9.17, 15) is 9.90 Å². The second kappa shape index (κ2) is 14.9. The van der Waals surface area contributed by atoms with Crippen molar-refractivity contribution in [3.05, 3.63) is 120 Å². The Hall–Kier alpha value is -3.29. The van der Waals surface area contributed by atoms with Gasteiger partial charge in [0.1, 0.15) is 17.1 Å². The van der Waals surface area contributed by atoms with Crippen molar-refractivity contribution in [1.82, 2.24) is 9.78 Å². The molecule has 0 saturated heterocycles. The molecule has 6 rings (SSSR count). The second-order valence-electron chi connectivity index (χ2n) is 10.6. The van der Waals surface area contributed by atoms with E-state index >= 15 is 0 Å². The van der Waals surface area contributed by atoms with E-state index in [1.165, 1.54) is 0 Å². The van der Waals surface area contributed by atoms with Gasteiger partial charge in [0.05, 0.1) is 18.1 Å². The summed E-state index contributed by atoms with van der Waals surface area (Å²) in [7, 11) is 1.59. The molecule has 1 aromatic heterocycles. The summed E-state index contributed by atoms with van der Waals surface area (Å²) < 4.78 is 15.6. The predicted molar refractivity (Wildman–Crippen MR) is 167 cm³/mol. The summed E-state index contributed by atoms with van der Waals surface area (Å²) in [6.45, 7) is 2.64. The number of aliphatic carboxylic acids is 1. The van der Waals surface area contributed by atoms with Crippen LogP contribution in [0.2, 0.25) is 0 Å². The minimum atomic E-state index is -1.12. The third kappa shape index (κ3) is 7.25. The first-order valence-corrected chi connectivity index (χ1v) is 14.7. The molecule has 0 spiro atoms. The van der Waals surface area contributed by atoms with Crippen LogP contribution in [-0.2, 0) is 28.7 Å². The number of methoxy groups -OCH3 is 1. The fourth-order valence-corrected chi connectivity index (χ4v) is 6.01. The number of hydrogen-bond donors (Lipinski definition) is 1. The Balaban J connectivity index is 0.00000400. The number of anilines is 2. The Morgan fingerprint density at radius 1 is 1.02 bits per heavy atom. The zero-order chi connectivity index (χ0) is 30.6. The van der Waals surface area contributed by atoms with Crippen LogP contribution in [0.1, 0.15) is 29.5 Å². The maximum Gasteiger partial charge on any atom is 1.00 e. The Morgan fingerprint density at radius 3 is 2.47 bits per heavy atom. The molecule has 11 heteroatoms. The Bertz CT molecular complexity index is 1770. The number of rotatable bonds is 10. The topological polar surface area (TPSA) is 95.6 Å². The van der Waals surface area contributed by atoms with Crippen LogP contribution in [0, 0.1) is 6.92 Å². The zero-order valence-corrected chi connectivity index (χ0v) is 29.4. The minimum Gasteiger partial charge on any atom is -0.702 e. The van der Waals surface area contributed by atoms with Gasteiger partial charge in [0, 0.05) is 55.1 Å². The third-order valence-corrected chi connectivity index (χ3v) is 8.11. The van der Waals surface area contributed by atoms with Gasteiger partial charge in [-0.2, -0.15) is 0 Å². The van der Waals surface area contributed by atoms with Crippen molar-refractivity contribution < 1.29 is 75.3 Å². The zero-order valence-electron chi connectivity index (χ0n) is 25.4. The van der Waals surface area contributed by atoms with Gasteiger partial charge in [-0.1, -0.05) is 59.3 Å². The van der Waals surface area contributed by atoms with E-state index in [0.29, 0.717) is 17.5 Å². The van der Waals surface area contributed by atoms with Crippen LogP contribution in [0.15, 0.2) is 108 Å². The molecule has 9 nitrogen and oxygen atoms in total. The second-order valence-corrected chi connectivity index (χ2v) is 10.9. The smallest absolute Gasteiger partial charge is 0.702 e. The fourth-order valence-electron chi connectivity index (χ4n) is 5.69. The molecule has 0 radical (unpaired) electrons. The number of carbonyl (C=O) groups is 1. The van der Waals surface area contributed by atoms with Crippen LogP contribution in [0.5, 0.6) is 5.75 Å². The summed E-state index contributed by atoms with van der Waals surface area (Å²) >= 11 is 5.61. The summed E-state index contributed by atoms with van der Waals surface area (Å²) in [5.41, 5.74) is 5.36. The summed E-state index contributed by atoms with van der Waals surface area (Å²) in [5.74, 6) is 0.408. The fraction of sp³-hybridized carbons (Fsp3) is 0.206. The minimum absolute atomic E-state index is 0. The van der Waals surface area contributed by atoms with Crippen molar-refractivity contribution in [2.24, 2.45) is 0 Å². The Labute approximate surface area is 310 Å². The van der Waals surface area contributed by atoms with Crippen LogP contribution in [0.25, 0.3) is 11.4 Å². The monoisotopic (exact) mass is 645 g/mol. The van der Waals surface area contributed by atoms with Gasteiger partial charge in [0.2, 0.25) is 5.82 Å². The molecule has 1 aliphatic heterocycles. The molecule has 224 valence electrons. The molecule has 2 heterocycles. The molecule has 0 amide bonds. The molecule has 1 N–H and O–H groups in total. The van der Waals surface area contributed by atoms with Crippen molar-refractivity contribution >= 4 is 30.0 Å². The van der Waals surface area contributed by atoms with E-state index in [1.807, 2.05) is 124 Å². The van der Waals surface area contributed by atoms with E-state index in [1.54, 1.807) is 7.11 Å². The number of nitrogens with one attached hydrogen (secondary N) is 1. The van der Waals surface area contributed by atoms with Crippen LogP contribution < -0.4 is 76.0 Å². The van der Waals surface area contributed by atoms with E-state index in [-0.39, 0.29) is 64.5 Å². The molecule has 0 aliphatic carbocycles. The van der Waals surface area contributed by atoms with Gasteiger partial charge in [0.25, 0.3) is 0 Å². The van der Waals surface area contributed by atoms with Gasteiger partial charge in [-0.05, 0) is 48.0 Å². The molecule has 0 fully saturated rings. The first-order valence-electron chi connectivity index (χ1n) is 14.3. The van der Waals surface area contributed by atoms with E-state index in [0.717, 1.165) is 39.7 Å². The number of benzene rings is 4. The molecule has 0 saturated carbocycles. The molecule has 45 heavy (non-hydrogen) atoms. The molecule has 5 aromatic rings. The van der Waals surface area contributed by atoms with Gasteiger partial charge in [-0.3, -0.25) is 0 Å². The molecule has 1 aliphatic rings. The SMILES string of the molecule is COC1CC(C(=O)[O-])N(Cc2ccccc2)c2ccc(OCNc3cccc(-[n+]4c([S-])nn(-c5ccccc5)c4C)c3)cc21.[K+]. The molecular formula is C34H32KN5O4S. The average Bonchev–Trinajstić information content (AvgIpc) is 3.35. The van der Waals surface area contributed by atoms with Crippen molar-refractivity contribution in [3.63, 3.8) is 0 Å².